The van der Waals surface area contributed by atoms with Crippen LogP contribution in [0.3, 0.4) is 0 Å². The molecule has 0 aromatic heterocycles. The number of carbonyl (C=O) groups is 1. The number of hydrogen-bond acceptors (Lipinski definition) is 3. The van der Waals surface area contributed by atoms with Gasteiger partial charge >= 0.3 is 6.18 Å². The average Bonchev–Trinajstić information content (AvgIpc) is 2.65. The molecule has 0 N–H and O–H groups in total. The summed E-state index contributed by atoms with van der Waals surface area (Å²) in [6.07, 6.45) is -4.88. The van der Waals surface area contributed by atoms with Crippen molar-refractivity contribution in [3.63, 3.8) is 0 Å². The second-order valence-corrected chi connectivity index (χ2v) is 5.92. The molecule has 3 rings (SSSR count). The number of benzene rings is 2. The molecule has 0 aliphatic carbocycles. The van der Waals surface area contributed by atoms with Crippen molar-refractivity contribution in [3.05, 3.63) is 59.7 Å². The number of carbonyl (C=O) groups excluding carboxylic acids is 1. The first-order chi connectivity index (χ1) is 12.4. The molecule has 2 aromatic carbocycles. The molecular weight excluding hydrogens is 347 g/mol. The average molecular weight is 365 g/mol. The zero-order valence-electron chi connectivity index (χ0n) is 14.1. The van der Waals surface area contributed by atoms with Crippen LogP contribution in [0.25, 0.3) is 0 Å². The molecule has 0 spiro atoms. The third-order valence-electron chi connectivity index (χ3n) is 4.10. The predicted molar refractivity (Wildman–Crippen MR) is 89.4 cm³/mol. The third kappa shape index (κ3) is 3.92. The first kappa shape index (κ1) is 18.1. The number of para-hydroxylation sites is 2. The standard InChI is InChI=1S/C19H18F3NO3/c1-2-23(11-15-12-25-16-8-3-4-9-17(16)26-15)18(24)13-6-5-7-14(10-13)19(20,21)22/h3-10,15H,2,11-12H2,1H3. The van der Waals surface area contributed by atoms with E-state index in [4.69, 9.17) is 9.47 Å². The van der Waals surface area contributed by atoms with E-state index in [0.29, 0.717) is 18.0 Å². The second-order valence-electron chi connectivity index (χ2n) is 5.92. The van der Waals surface area contributed by atoms with Crippen molar-refractivity contribution in [2.45, 2.75) is 19.2 Å². The van der Waals surface area contributed by atoms with Crippen molar-refractivity contribution in [2.24, 2.45) is 0 Å². The Labute approximate surface area is 149 Å². The highest BCUT2D eigenvalue weighted by atomic mass is 19.4. The quantitative estimate of drug-likeness (QED) is 0.822. The molecule has 0 fully saturated rings. The number of ether oxygens (including phenoxy) is 2. The van der Waals surface area contributed by atoms with Crippen LogP contribution in [-0.4, -0.2) is 36.6 Å². The molecule has 0 radical (unpaired) electrons. The Morgan fingerprint density at radius 2 is 1.88 bits per heavy atom. The number of alkyl halides is 3. The van der Waals surface area contributed by atoms with Crippen LogP contribution in [0.15, 0.2) is 48.5 Å². The van der Waals surface area contributed by atoms with Gasteiger partial charge < -0.3 is 14.4 Å². The highest BCUT2D eigenvalue weighted by molar-refractivity contribution is 5.94. The Morgan fingerprint density at radius 1 is 1.15 bits per heavy atom. The Balaban J connectivity index is 1.72. The highest BCUT2D eigenvalue weighted by Gasteiger charge is 2.32. The van der Waals surface area contributed by atoms with Gasteiger partial charge in [0.15, 0.2) is 17.6 Å². The SMILES string of the molecule is CCN(CC1COc2ccccc2O1)C(=O)c1cccc(C(F)(F)F)c1. The van der Waals surface area contributed by atoms with Gasteiger partial charge in [-0.15, -0.1) is 0 Å². The summed E-state index contributed by atoms with van der Waals surface area (Å²) in [5.74, 6) is 0.753. The number of rotatable bonds is 4. The van der Waals surface area contributed by atoms with Crippen LogP contribution in [-0.2, 0) is 6.18 Å². The summed E-state index contributed by atoms with van der Waals surface area (Å²) < 4.78 is 50.0. The predicted octanol–water partition coefficient (Wildman–Crippen LogP) is 4.01. The van der Waals surface area contributed by atoms with Crippen LogP contribution in [0.1, 0.15) is 22.8 Å². The van der Waals surface area contributed by atoms with Crippen LogP contribution < -0.4 is 9.47 Å². The molecule has 0 saturated heterocycles. The van der Waals surface area contributed by atoms with Crippen LogP contribution in [0.4, 0.5) is 13.2 Å². The molecule has 138 valence electrons. The second kappa shape index (κ2) is 7.27. The molecule has 1 aliphatic rings. The lowest BCUT2D eigenvalue weighted by atomic mass is 10.1. The van der Waals surface area contributed by atoms with Gasteiger partial charge in [0.05, 0.1) is 12.1 Å². The van der Waals surface area contributed by atoms with Gasteiger partial charge in [-0.2, -0.15) is 13.2 Å². The molecule has 1 atom stereocenters. The summed E-state index contributed by atoms with van der Waals surface area (Å²) in [6, 6.07) is 11.6. The summed E-state index contributed by atoms with van der Waals surface area (Å²) >= 11 is 0. The monoisotopic (exact) mass is 365 g/mol. The van der Waals surface area contributed by atoms with Gasteiger partial charge in [0.2, 0.25) is 0 Å². The zero-order valence-corrected chi connectivity index (χ0v) is 14.1. The fourth-order valence-corrected chi connectivity index (χ4v) is 2.77. The van der Waals surface area contributed by atoms with E-state index in [1.807, 2.05) is 12.1 Å². The molecule has 26 heavy (non-hydrogen) atoms. The van der Waals surface area contributed by atoms with Gasteiger partial charge in [-0.1, -0.05) is 18.2 Å². The Morgan fingerprint density at radius 3 is 2.58 bits per heavy atom. The minimum atomic E-state index is -4.49. The lowest BCUT2D eigenvalue weighted by Crippen LogP contribution is -2.43. The first-order valence-electron chi connectivity index (χ1n) is 8.23. The number of hydrogen-bond donors (Lipinski definition) is 0. The first-order valence-corrected chi connectivity index (χ1v) is 8.23. The van der Waals surface area contributed by atoms with Crippen LogP contribution >= 0.6 is 0 Å². The van der Waals surface area contributed by atoms with Crippen LogP contribution in [0.2, 0.25) is 0 Å². The molecule has 7 heteroatoms. The van der Waals surface area contributed by atoms with E-state index in [0.717, 1.165) is 12.1 Å². The summed E-state index contributed by atoms with van der Waals surface area (Å²) in [7, 11) is 0. The van der Waals surface area contributed by atoms with Gasteiger partial charge in [-0.3, -0.25) is 4.79 Å². The Hall–Kier alpha value is -2.70. The number of fused-ring (bicyclic) bond motifs is 1. The molecule has 0 saturated carbocycles. The number of halogens is 3. The van der Waals surface area contributed by atoms with E-state index >= 15 is 0 Å². The van der Waals surface area contributed by atoms with Crippen molar-refractivity contribution >= 4 is 5.91 Å². The Bertz CT molecular complexity index is 792. The minimum absolute atomic E-state index is 0.00111. The van der Waals surface area contributed by atoms with E-state index in [1.165, 1.54) is 17.0 Å². The van der Waals surface area contributed by atoms with E-state index in [-0.39, 0.29) is 24.8 Å². The summed E-state index contributed by atoms with van der Waals surface area (Å²) in [5, 5.41) is 0. The van der Waals surface area contributed by atoms with Crippen molar-refractivity contribution in [1.82, 2.24) is 4.90 Å². The number of nitrogens with zero attached hydrogens (tertiary/aromatic N) is 1. The van der Waals surface area contributed by atoms with Crippen LogP contribution in [0, 0.1) is 0 Å². The van der Waals surface area contributed by atoms with Crippen molar-refractivity contribution in [2.75, 3.05) is 19.7 Å². The van der Waals surface area contributed by atoms with Gasteiger partial charge in [0, 0.05) is 12.1 Å². The fraction of sp³-hybridized carbons (Fsp3) is 0.316. The van der Waals surface area contributed by atoms with Gasteiger partial charge in [0.25, 0.3) is 5.91 Å². The molecule has 1 heterocycles. The lowest BCUT2D eigenvalue weighted by Gasteiger charge is -2.31. The summed E-state index contributed by atoms with van der Waals surface area (Å²) in [6.45, 7) is 2.60. The lowest BCUT2D eigenvalue weighted by molar-refractivity contribution is -0.137. The van der Waals surface area contributed by atoms with Crippen molar-refractivity contribution in [3.8, 4) is 11.5 Å². The molecule has 4 nitrogen and oxygen atoms in total. The highest BCUT2D eigenvalue weighted by Crippen LogP contribution is 2.32. The van der Waals surface area contributed by atoms with E-state index in [1.54, 1.807) is 19.1 Å². The maximum Gasteiger partial charge on any atom is 0.416 e. The van der Waals surface area contributed by atoms with Crippen molar-refractivity contribution < 1.29 is 27.4 Å². The molecule has 0 bridgehead atoms. The number of amides is 1. The summed E-state index contributed by atoms with van der Waals surface area (Å²) in [5.41, 5.74) is -0.843. The van der Waals surface area contributed by atoms with E-state index in [2.05, 4.69) is 0 Å². The van der Waals surface area contributed by atoms with E-state index < -0.39 is 17.6 Å². The normalized spacial score (nSPS) is 16.2. The van der Waals surface area contributed by atoms with Gasteiger partial charge in [-0.25, -0.2) is 0 Å². The zero-order chi connectivity index (χ0) is 18.7. The van der Waals surface area contributed by atoms with Crippen LogP contribution in [0.5, 0.6) is 11.5 Å². The maximum absolute atomic E-state index is 12.9. The van der Waals surface area contributed by atoms with Gasteiger partial charge in [-0.05, 0) is 37.3 Å². The summed E-state index contributed by atoms with van der Waals surface area (Å²) in [4.78, 5) is 14.1. The number of likely N-dealkylation sites (N-methyl/N-ethyl adjacent to an activating group) is 1. The fourth-order valence-electron chi connectivity index (χ4n) is 2.77. The molecule has 1 amide bonds. The van der Waals surface area contributed by atoms with E-state index in [9.17, 15) is 18.0 Å². The van der Waals surface area contributed by atoms with Crippen molar-refractivity contribution in [1.29, 1.82) is 0 Å². The topological polar surface area (TPSA) is 38.8 Å². The van der Waals surface area contributed by atoms with Gasteiger partial charge in [0.1, 0.15) is 6.61 Å². The molecular formula is C19H18F3NO3. The minimum Gasteiger partial charge on any atom is -0.486 e. The molecule has 1 unspecified atom stereocenters. The molecule has 1 aliphatic heterocycles. The smallest absolute Gasteiger partial charge is 0.416 e. The largest absolute Gasteiger partial charge is 0.486 e. The maximum atomic E-state index is 12.9. The molecule has 2 aromatic rings. The third-order valence-corrected chi connectivity index (χ3v) is 4.10. The Kier molecular flexibility index (Phi) is 5.06.